The van der Waals surface area contributed by atoms with Gasteiger partial charge in [0.05, 0.1) is 18.6 Å². The summed E-state index contributed by atoms with van der Waals surface area (Å²) in [7, 11) is 0. The molecule has 1 heterocycles. The Morgan fingerprint density at radius 3 is 2.48 bits per heavy atom. The maximum absolute atomic E-state index is 12.8. The Hall–Kier alpha value is -2.57. The number of piperidine rings is 1. The fourth-order valence-electron chi connectivity index (χ4n) is 3.43. The van der Waals surface area contributed by atoms with E-state index in [1.807, 2.05) is 30.3 Å². The molecular formula is C20H28N2O5. The van der Waals surface area contributed by atoms with E-state index in [9.17, 15) is 14.4 Å². The second-order valence-corrected chi connectivity index (χ2v) is 6.65. The van der Waals surface area contributed by atoms with Crippen LogP contribution >= 0.6 is 0 Å². The van der Waals surface area contributed by atoms with E-state index in [0.717, 1.165) is 5.56 Å². The van der Waals surface area contributed by atoms with Crippen LogP contribution in [0.5, 0.6) is 0 Å². The molecule has 0 saturated carbocycles. The highest BCUT2D eigenvalue weighted by molar-refractivity contribution is 5.83. The molecule has 1 aliphatic rings. The number of rotatable bonds is 7. The highest BCUT2D eigenvalue weighted by atomic mass is 16.5. The first-order valence-electron chi connectivity index (χ1n) is 9.40. The molecule has 148 valence electrons. The normalized spacial score (nSPS) is 19.3. The number of esters is 2. The topological polar surface area (TPSA) is 84.9 Å². The van der Waals surface area contributed by atoms with Crippen molar-refractivity contribution >= 4 is 18.0 Å². The van der Waals surface area contributed by atoms with Gasteiger partial charge in [-0.1, -0.05) is 30.3 Å². The van der Waals surface area contributed by atoms with Gasteiger partial charge in [-0.3, -0.25) is 9.59 Å². The van der Waals surface area contributed by atoms with Crippen molar-refractivity contribution in [3.63, 3.8) is 0 Å². The highest BCUT2D eigenvalue weighted by Gasteiger charge is 2.44. The van der Waals surface area contributed by atoms with E-state index in [-0.39, 0.29) is 31.7 Å². The lowest BCUT2D eigenvalue weighted by atomic mass is 9.75. The summed E-state index contributed by atoms with van der Waals surface area (Å²) in [5.74, 6) is -0.763. The Balaban J connectivity index is 2.10. The molecule has 0 unspecified atom stereocenters. The molecule has 0 spiro atoms. The average molecular weight is 376 g/mol. The Kier molecular flexibility index (Phi) is 7.64. The summed E-state index contributed by atoms with van der Waals surface area (Å²) >= 11 is 0. The van der Waals surface area contributed by atoms with Gasteiger partial charge in [0, 0.05) is 13.1 Å². The van der Waals surface area contributed by atoms with Crippen LogP contribution in [0.4, 0.5) is 4.79 Å². The smallest absolute Gasteiger partial charge is 0.325 e. The minimum atomic E-state index is -0.781. The minimum absolute atomic E-state index is 0.186. The number of nitrogens with zero attached hydrogens (tertiary/aromatic N) is 1. The van der Waals surface area contributed by atoms with E-state index in [4.69, 9.17) is 9.47 Å². The first-order valence-corrected chi connectivity index (χ1v) is 9.40. The minimum Gasteiger partial charge on any atom is -0.466 e. The second-order valence-electron chi connectivity index (χ2n) is 6.65. The van der Waals surface area contributed by atoms with E-state index < -0.39 is 11.4 Å². The molecule has 7 nitrogen and oxygen atoms in total. The van der Waals surface area contributed by atoms with Crippen LogP contribution in [0, 0.1) is 5.41 Å². The molecule has 27 heavy (non-hydrogen) atoms. The molecule has 1 atom stereocenters. The van der Waals surface area contributed by atoms with Crippen LogP contribution in [0.15, 0.2) is 30.3 Å². The third-order valence-corrected chi connectivity index (χ3v) is 4.65. The van der Waals surface area contributed by atoms with Crippen LogP contribution < -0.4 is 5.32 Å². The van der Waals surface area contributed by atoms with Crippen LogP contribution in [0.25, 0.3) is 0 Å². The summed E-state index contributed by atoms with van der Waals surface area (Å²) in [6.07, 6.45) is 1.86. The molecule has 1 aromatic carbocycles. The number of benzene rings is 1. The summed E-state index contributed by atoms with van der Waals surface area (Å²) in [6, 6.07) is 9.36. The van der Waals surface area contributed by atoms with Crippen LogP contribution in [0.2, 0.25) is 0 Å². The van der Waals surface area contributed by atoms with E-state index in [2.05, 4.69) is 5.32 Å². The monoisotopic (exact) mass is 376 g/mol. The fourth-order valence-corrected chi connectivity index (χ4v) is 3.43. The van der Waals surface area contributed by atoms with Crippen molar-refractivity contribution in [3.8, 4) is 0 Å². The molecule has 2 amide bonds. The van der Waals surface area contributed by atoms with Crippen LogP contribution in [-0.2, 0) is 25.5 Å². The molecule has 0 bridgehead atoms. The number of nitrogens with one attached hydrogen (secondary N) is 1. The molecule has 1 aliphatic heterocycles. The molecule has 7 heteroatoms. The Bertz CT molecular complexity index is 649. The molecule has 0 aliphatic carbocycles. The van der Waals surface area contributed by atoms with E-state index in [0.29, 0.717) is 32.4 Å². The largest absolute Gasteiger partial charge is 0.466 e. The SMILES string of the molecule is CCOC(=O)CNC(=O)N1CCC[C@](Cc2ccccc2)(C(=O)OCC)C1. The van der Waals surface area contributed by atoms with Crippen molar-refractivity contribution in [3.05, 3.63) is 35.9 Å². The van der Waals surface area contributed by atoms with Gasteiger partial charge in [-0.05, 0) is 38.7 Å². The summed E-state index contributed by atoms with van der Waals surface area (Å²) < 4.78 is 10.2. The molecule has 1 N–H and O–H groups in total. The predicted molar refractivity (Wildman–Crippen MR) is 100 cm³/mol. The number of likely N-dealkylation sites (tertiary alicyclic amines) is 1. The fraction of sp³-hybridized carbons (Fsp3) is 0.550. The van der Waals surface area contributed by atoms with Gasteiger partial charge in [0.1, 0.15) is 6.54 Å². The zero-order valence-electron chi connectivity index (χ0n) is 16.0. The summed E-state index contributed by atoms with van der Waals surface area (Å²) in [4.78, 5) is 38.3. The maximum Gasteiger partial charge on any atom is 0.325 e. The number of hydrogen-bond donors (Lipinski definition) is 1. The third kappa shape index (κ3) is 5.70. The molecule has 1 saturated heterocycles. The number of ether oxygens (including phenoxy) is 2. The average Bonchev–Trinajstić information content (AvgIpc) is 2.67. The number of carbonyl (C=O) groups is 3. The van der Waals surface area contributed by atoms with Gasteiger partial charge in [-0.2, -0.15) is 0 Å². The summed E-state index contributed by atoms with van der Waals surface area (Å²) in [5.41, 5.74) is 0.246. The standard InChI is InChI=1S/C20H28N2O5/c1-3-26-17(23)14-21-19(25)22-12-8-11-20(15-22,18(24)27-4-2)13-16-9-6-5-7-10-16/h5-7,9-10H,3-4,8,11-15H2,1-2H3,(H,21,25)/t20-/m1/s1. The van der Waals surface area contributed by atoms with Crippen LogP contribution in [-0.4, -0.2) is 55.7 Å². The summed E-state index contributed by atoms with van der Waals surface area (Å²) in [6.45, 7) is 4.66. The molecular weight excluding hydrogens is 348 g/mol. The highest BCUT2D eigenvalue weighted by Crippen LogP contribution is 2.35. The van der Waals surface area contributed by atoms with Crippen LogP contribution in [0.3, 0.4) is 0 Å². The Morgan fingerprint density at radius 1 is 1.11 bits per heavy atom. The van der Waals surface area contributed by atoms with Gasteiger partial charge < -0.3 is 19.7 Å². The number of amides is 2. The van der Waals surface area contributed by atoms with Gasteiger partial charge >= 0.3 is 18.0 Å². The number of urea groups is 1. The molecule has 1 fully saturated rings. The first-order chi connectivity index (χ1) is 13.0. The third-order valence-electron chi connectivity index (χ3n) is 4.65. The quantitative estimate of drug-likeness (QED) is 0.737. The Labute approximate surface area is 160 Å². The second kappa shape index (κ2) is 9.94. The first kappa shape index (κ1) is 20.7. The molecule has 0 aromatic heterocycles. The van der Waals surface area contributed by atoms with Gasteiger partial charge in [-0.15, -0.1) is 0 Å². The van der Waals surface area contributed by atoms with E-state index >= 15 is 0 Å². The summed E-state index contributed by atoms with van der Waals surface area (Å²) in [5, 5.41) is 2.57. The lowest BCUT2D eigenvalue weighted by Crippen LogP contribution is -2.54. The molecule has 1 aromatic rings. The molecule has 2 rings (SSSR count). The van der Waals surface area contributed by atoms with Gasteiger partial charge in [0.2, 0.25) is 0 Å². The van der Waals surface area contributed by atoms with E-state index in [1.165, 1.54) is 0 Å². The zero-order valence-corrected chi connectivity index (χ0v) is 16.0. The van der Waals surface area contributed by atoms with Crippen molar-refractivity contribution in [1.29, 1.82) is 0 Å². The van der Waals surface area contributed by atoms with Gasteiger partial charge in [0.25, 0.3) is 0 Å². The Morgan fingerprint density at radius 2 is 1.81 bits per heavy atom. The van der Waals surface area contributed by atoms with Crippen molar-refractivity contribution in [2.75, 3.05) is 32.8 Å². The number of carbonyl (C=O) groups excluding carboxylic acids is 3. The van der Waals surface area contributed by atoms with Crippen molar-refractivity contribution in [1.82, 2.24) is 10.2 Å². The van der Waals surface area contributed by atoms with Crippen molar-refractivity contribution < 1.29 is 23.9 Å². The van der Waals surface area contributed by atoms with Gasteiger partial charge in [-0.25, -0.2) is 4.79 Å². The number of hydrogen-bond acceptors (Lipinski definition) is 5. The van der Waals surface area contributed by atoms with Crippen LogP contribution in [0.1, 0.15) is 32.3 Å². The lowest BCUT2D eigenvalue weighted by molar-refractivity contribution is -0.158. The molecule has 0 radical (unpaired) electrons. The van der Waals surface area contributed by atoms with Gasteiger partial charge in [0.15, 0.2) is 0 Å². The van der Waals surface area contributed by atoms with Crippen molar-refractivity contribution in [2.45, 2.75) is 33.1 Å². The maximum atomic E-state index is 12.8. The lowest BCUT2D eigenvalue weighted by Gasteiger charge is -2.41. The van der Waals surface area contributed by atoms with Crippen molar-refractivity contribution in [2.24, 2.45) is 5.41 Å². The zero-order chi connectivity index (χ0) is 19.7. The predicted octanol–water partition coefficient (Wildman–Crippen LogP) is 2.15. The van der Waals surface area contributed by atoms with E-state index in [1.54, 1.807) is 18.7 Å².